The molecule has 0 aliphatic heterocycles. The highest BCUT2D eigenvalue weighted by Gasteiger charge is 2.09. The molecule has 1 N–H and O–H groups in total. The van der Waals surface area contributed by atoms with E-state index >= 15 is 0 Å². The highest BCUT2D eigenvalue weighted by Crippen LogP contribution is 2.23. The Morgan fingerprint density at radius 2 is 1.83 bits per heavy atom. The molecule has 2 aromatic carbocycles. The van der Waals surface area contributed by atoms with E-state index in [2.05, 4.69) is 10.1 Å². The first kappa shape index (κ1) is 17.1. The summed E-state index contributed by atoms with van der Waals surface area (Å²) < 4.78 is 54.4. The smallest absolute Gasteiger partial charge is 0.387 e. The SMILES string of the molecule is O=C(CSc1ccc(F)cc1F)Nc1ccc(OC(F)F)cc1. The molecule has 0 saturated carbocycles. The van der Waals surface area contributed by atoms with Crippen molar-refractivity contribution in [2.45, 2.75) is 11.5 Å². The van der Waals surface area contributed by atoms with Crippen LogP contribution in [-0.2, 0) is 4.79 Å². The number of halogens is 4. The standard InChI is InChI=1S/C15H11F4NO2S/c16-9-1-6-13(12(17)7-9)23-8-14(21)20-10-2-4-11(5-3-10)22-15(18)19/h1-7,15H,8H2,(H,20,21). The third-order valence-corrected chi connectivity index (χ3v) is 3.66. The molecule has 8 heteroatoms. The van der Waals surface area contributed by atoms with Gasteiger partial charge >= 0.3 is 6.61 Å². The molecule has 0 heterocycles. The molecule has 1 amide bonds. The van der Waals surface area contributed by atoms with Gasteiger partial charge in [0.25, 0.3) is 0 Å². The molecule has 0 spiro atoms. The number of amides is 1. The second-order valence-electron chi connectivity index (χ2n) is 4.31. The van der Waals surface area contributed by atoms with E-state index < -0.39 is 24.2 Å². The fraction of sp³-hybridized carbons (Fsp3) is 0.133. The van der Waals surface area contributed by atoms with E-state index in [0.717, 1.165) is 23.9 Å². The molecule has 0 fully saturated rings. The fourth-order valence-electron chi connectivity index (χ4n) is 1.65. The second-order valence-corrected chi connectivity index (χ2v) is 5.33. The van der Waals surface area contributed by atoms with Gasteiger partial charge in [0.1, 0.15) is 17.4 Å². The molecule has 0 radical (unpaired) electrons. The molecule has 0 aliphatic carbocycles. The Hall–Kier alpha value is -2.22. The van der Waals surface area contributed by atoms with Gasteiger partial charge in [-0.3, -0.25) is 4.79 Å². The Morgan fingerprint density at radius 1 is 1.13 bits per heavy atom. The molecule has 0 bridgehead atoms. The Kier molecular flexibility index (Phi) is 5.86. The fourth-order valence-corrected chi connectivity index (χ4v) is 2.37. The summed E-state index contributed by atoms with van der Waals surface area (Å²) in [7, 11) is 0. The highest BCUT2D eigenvalue weighted by molar-refractivity contribution is 8.00. The molecule has 0 unspecified atom stereocenters. The first-order valence-electron chi connectivity index (χ1n) is 6.36. The van der Waals surface area contributed by atoms with Crippen molar-refractivity contribution in [1.82, 2.24) is 0 Å². The van der Waals surface area contributed by atoms with Gasteiger partial charge in [0.05, 0.1) is 5.75 Å². The lowest BCUT2D eigenvalue weighted by molar-refractivity contribution is -0.113. The average molecular weight is 345 g/mol. The number of ether oxygens (including phenoxy) is 1. The molecular weight excluding hydrogens is 334 g/mol. The molecule has 0 saturated heterocycles. The number of hydrogen-bond donors (Lipinski definition) is 1. The minimum atomic E-state index is -2.92. The van der Waals surface area contributed by atoms with Crippen LogP contribution in [-0.4, -0.2) is 18.3 Å². The van der Waals surface area contributed by atoms with Crippen molar-refractivity contribution in [2.75, 3.05) is 11.1 Å². The maximum atomic E-state index is 13.4. The van der Waals surface area contributed by atoms with Gasteiger partial charge in [-0.25, -0.2) is 8.78 Å². The van der Waals surface area contributed by atoms with Crippen molar-refractivity contribution < 1.29 is 27.1 Å². The predicted octanol–water partition coefficient (Wildman–Crippen LogP) is 4.30. The molecule has 122 valence electrons. The zero-order valence-corrected chi connectivity index (χ0v) is 12.4. The predicted molar refractivity (Wildman–Crippen MR) is 78.8 cm³/mol. The van der Waals surface area contributed by atoms with Crippen LogP contribution in [0.5, 0.6) is 5.75 Å². The number of nitrogens with one attached hydrogen (secondary N) is 1. The van der Waals surface area contributed by atoms with Crippen LogP contribution in [0.25, 0.3) is 0 Å². The monoisotopic (exact) mass is 345 g/mol. The van der Waals surface area contributed by atoms with E-state index in [1.807, 2.05) is 0 Å². The topological polar surface area (TPSA) is 38.3 Å². The van der Waals surface area contributed by atoms with E-state index in [1.165, 1.54) is 30.3 Å². The summed E-state index contributed by atoms with van der Waals surface area (Å²) in [4.78, 5) is 11.9. The summed E-state index contributed by atoms with van der Waals surface area (Å²) in [5.74, 6) is -1.96. The Bertz CT molecular complexity index is 680. The number of hydrogen-bond acceptors (Lipinski definition) is 3. The quantitative estimate of drug-likeness (QED) is 0.627. The summed E-state index contributed by atoms with van der Waals surface area (Å²) in [6, 6.07) is 8.47. The van der Waals surface area contributed by atoms with Gasteiger partial charge in [0.15, 0.2) is 0 Å². The summed E-state index contributed by atoms with van der Waals surface area (Å²) >= 11 is 0.917. The summed E-state index contributed by atoms with van der Waals surface area (Å²) in [6.07, 6.45) is 0. The molecule has 0 aliphatic rings. The third-order valence-electron chi connectivity index (χ3n) is 2.62. The van der Waals surface area contributed by atoms with Gasteiger partial charge in [0.2, 0.25) is 5.91 Å². The number of thioether (sulfide) groups is 1. The summed E-state index contributed by atoms with van der Waals surface area (Å²) in [6.45, 7) is -2.92. The lowest BCUT2D eigenvalue weighted by Crippen LogP contribution is -2.14. The van der Waals surface area contributed by atoms with E-state index in [4.69, 9.17) is 0 Å². The summed E-state index contributed by atoms with van der Waals surface area (Å²) in [5.41, 5.74) is 0.386. The highest BCUT2D eigenvalue weighted by atomic mass is 32.2. The van der Waals surface area contributed by atoms with Crippen LogP contribution in [0.3, 0.4) is 0 Å². The van der Waals surface area contributed by atoms with Gasteiger partial charge in [-0.05, 0) is 36.4 Å². The lowest BCUT2D eigenvalue weighted by Gasteiger charge is -2.08. The Balaban J connectivity index is 1.87. The normalized spacial score (nSPS) is 10.7. The Labute approximate surface area is 133 Å². The van der Waals surface area contributed by atoms with Crippen LogP contribution in [0.2, 0.25) is 0 Å². The van der Waals surface area contributed by atoms with Gasteiger partial charge in [-0.15, -0.1) is 11.8 Å². The van der Waals surface area contributed by atoms with Crippen LogP contribution < -0.4 is 10.1 Å². The van der Waals surface area contributed by atoms with Crippen molar-refractivity contribution in [1.29, 1.82) is 0 Å². The van der Waals surface area contributed by atoms with Crippen molar-refractivity contribution in [2.24, 2.45) is 0 Å². The number of benzene rings is 2. The van der Waals surface area contributed by atoms with E-state index in [9.17, 15) is 22.4 Å². The van der Waals surface area contributed by atoms with Gasteiger partial charge in [0, 0.05) is 16.6 Å². The third kappa shape index (κ3) is 5.48. The molecular formula is C15H11F4NO2S. The van der Waals surface area contributed by atoms with Crippen molar-refractivity contribution in [3.05, 3.63) is 54.1 Å². The second kappa shape index (κ2) is 7.87. The molecule has 2 aromatic rings. The van der Waals surface area contributed by atoms with Crippen molar-refractivity contribution >= 4 is 23.4 Å². The zero-order valence-electron chi connectivity index (χ0n) is 11.6. The number of rotatable bonds is 6. The number of anilines is 1. The first-order valence-corrected chi connectivity index (χ1v) is 7.35. The zero-order chi connectivity index (χ0) is 16.8. The molecule has 3 nitrogen and oxygen atoms in total. The van der Waals surface area contributed by atoms with Crippen LogP contribution in [0, 0.1) is 11.6 Å². The van der Waals surface area contributed by atoms with E-state index in [1.54, 1.807) is 0 Å². The minimum absolute atomic E-state index is 0.0271. The van der Waals surface area contributed by atoms with Crippen LogP contribution in [0.15, 0.2) is 47.4 Å². The van der Waals surface area contributed by atoms with Gasteiger partial charge in [-0.2, -0.15) is 8.78 Å². The number of alkyl halides is 2. The van der Waals surface area contributed by atoms with E-state index in [0.29, 0.717) is 5.69 Å². The largest absolute Gasteiger partial charge is 0.435 e. The van der Waals surface area contributed by atoms with Gasteiger partial charge < -0.3 is 10.1 Å². The molecule has 23 heavy (non-hydrogen) atoms. The maximum Gasteiger partial charge on any atom is 0.387 e. The van der Waals surface area contributed by atoms with Crippen LogP contribution in [0.4, 0.5) is 23.2 Å². The lowest BCUT2D eigenvalue weighted by atomic mass is 10.3. The van der Waals surface area contributed by atoms with Crippen LogP contribution >= 0.6 is 11.8 Å². The van der Waals surface area contributed by atoms with E-state index in [-0.39, 0.29) is 16.4 Å². The Morgan fingerprint density at radius 3 is 2.43 bits per heavy atom. The van der Waals surface area contributed by atoms with Crippen molar-refractivity contribution in [3.63, 3.8) is 0 Å². The first-order chi connectivity index (χ1) is 10.9. The average Bonchev–Trinajstić information content (AvgIpc) is 2.48. The molecule has 2 rings (SSSR count). The maximum absolute atomic E-state index is 13.4. The number of carbonyl (C=O) groups is 1. The molecule has 0 aromatic heterocycles. The van der Waals surface area contributed by atoms with Crippen molar-refractivity contribution in [3.8, 4) is 5.75 Å². The summed E-state index contributed by atoms with van der Waals surface area (Å²) in [5, 5.41) is 2.52. The van der Waals surface area contributed by atoms with Crippen LogP contribution in [0.1, 0.15) is 0 Å². The number of carbonyl (C=O) groups excluding carboxylic acids is 1. The van der Waals surface area contributed by atoms with Gasteiger partial charge in [-0.1, -0.05) is 0 Å². The molecule has 0 atom stereocenters. The minimum Gasteiger partial charge on any atom is -0.435 e.